The largest absolute Gasteiger partial charge is 0.479 e. The summed E-state index contributed by atoms with van der Waals surface area (Å²) >= 11 is 0. The topological polar surface area (TPSA) is 174 Å². The zero-order valence-corrected chi connectivity index (χ0v) is 12.6. The highest BCUT2D eigenvalue weighted by molar-refractivity contribution is 7.53. The SMILES string of the molecule is Nc1ncnc2c1ncn2C1CC(OC(C(=O)O)P(=O)(O)O)C1. The van der Waals surface area contributed by atoms with Gasteiger partial charge in [0.05, 0.1) is 12.4 Å². The highest BCUT2D eigenvalue weighted by Crippen LogP contribution is 2.46. The van der Waals surface area contributed by atoms with Gasteiger partial charge in [-0.05, 0) is 12.8 Å². The molecular weight excluding hydrogens is 329 g/mol. The minimum atomic E-state index is -4.87. The van der Waals surface area contributed by atoms with Crippen molar-refractivity contribution in [3.8, 4) is 0 Å². The molecule has 23 heavy (non-hydrogen) atoms. The van der Waals surface area contributed by atoms with Crippen molar-refractivity contribution in [1.29, 1.82) is 0 Å². The molecule has 0 amide bonds. The maximum atomic E-state index is 11.1. The Balaban J connectivity index is 1.70. The van der Waals surface area contributed by atoms with Crippen LogP contribution in [0.4, 0.5) is 5.82 Å². The number of aromatic nitrogens is 4. The van der Waals surface area contributed by atoms with Gasteiger partial charge in [-0.25, -0.2) is 19.7 Å². The van der Waals surface area contributed by atoms with Gasteiger partial charge < -0.3 is 29.9 Å². The van der Waals surface area contributed by atoms with Crippen molar-refractivity contribution < 1.29 is 29.0 Å². The van der Waals surface area contributed by atoms with Crippen molar-refractivity contribution in [1.82, 2.24) is 19.5 Å². The Bertz CT molecular complexity index is 797. The molecule has 1 saturated carbocycles. The summed E-state index contributed by atoms with van der Waals surface area (Å²) in [6.45, 7) is 0. The Kier molecular flexibility index (Phi) is 3.80. The predicted octanol–water partition coefficient (Wildman–Crippen LogP) is -0.283. The van der Waals surface area contributed by atoms with Gasteiger partial charge >= 0.3 is 13.6 Å². The summed E-state index contributed by atoms with van der Waals surface area (Å²) < 4.78 is 17.9. The lowest BCUT2D eigenvalue weighted by Gasteiger charge is -2.37. The van der Waals surface area contributed by atoms with Crippen LogP contribution in [0.1, 0.15) is 18.9 Å². The van der Waals surface area contributed by atoms with E-state index in [0.29, 0.717) is 24.0 Å². The van der Waals surface area contributed by atoms with Gasteiger partial charge in [-0.3, -0.25) is 4.57 Å². The van der Waals surface area contributed by atoms with Gasteiger partial charge in [-0.2, -0.15) is 0 Å². The first kappa shape index (κ1) is 15.8. The fourth-order valence-corrected chi connectivity index (χ4v) is 3.10. The Morgan fingerprint density at radius 2 is 2.09 bits per heavy atom. The lowest BCUT2D eigenvalue weighted by molar-refractivity contribution is -0.152. The molecule has 5 N–H and O–H groups in total. The quantitative estimate of drug-likeness (QED) is 0.528. The third-order valence-electron chi connectivity index (χ3n) is 3.69. The molecule has 3 rings (SSSR count). The van der Waals surface area contributed by atoms with Crippen molar-refractivity contribution >= 4 is 30.5 Å². The van der Waals surface area contributed by atoms with E-state index in [0.717, 1.165) is 0 Å². The average Bonchev–Trinajstić information content (AvgIpc) is 2.80. The van der Waals surface area contributed by atoms with E-state index in [2.05, 4.69) is 15.0 Å². The summed E-state index contributed by atoms with van der Waals surface area (Å²) in [6, 6.07) is -0.0643. The molecule has 0 bridgehead atoms. The van der Waals surface area contributed by atoms with E-state index in [1.807, 2.05) is 0 Å². The number of fused-ring (bicyclic) bond motifs is 1. The molecule has 2 aromatic heterocycles. The van der Waals surface area contributed by atoms with Crippen molar-refractivity contribution in [2.24, 2.45) is 0 Å². The van der Waals surface area contributed by atoms with Crippen LogP contribution in [-0.2, 0) is 14.1 Å². The lowest BCUT2D eigenvalue weighted by Crippen LogP contribution is -2.38. The number of ether oxygens (including phenoxy) is 1. The van der Waals surface area contributed by atoms with E-state index < -0.39 is 25.5 Å². The molecule has 2 aromatic rings. The number of rotatable bonds is 5. The Morgan fingerprint density at radius 1 is 1.39 bits per heavy atom. The third-order valence-corrected chi connectivity index (χ3v) is 4.64. The molecule has 1 unspecified atom stereocenters. The second kappa shape index (κ2) is 5.53. The molecule has 0 aliphatic heterocycles. The van der Waals surface area contributed by atoms with Gasteiger partial charge in [-0.15, -0.1) is 0 Å². The summed E-state index contributed by atoms with van der Waals surface area (Å²) in [4.78, 5) is 41.0. The molecule has 2 heterocycles. The molecule has 1 fully saturated rings. The first-order chi connectivity index (χ1) is 10.8. The smallest absolute Gasteiger partial charge is 0.365 e. The molecule has 1 atom stereocenters. The molecule has 124 valence electrons. The van der Waals surface area contributed by atoms with Crippen LogP contribution in [0.5, 0.6) is 0 Å². The highest BCUT2D eigenvalue weighted by Gasteiger charge is 2.43. The van der Waals surface area contributed by atoms with Gasteiger partial charge in [0.1, 0.15) is 11.8 Å². The van der Waals surface area contributed by atoms with Crippen LogP contribution >= 0.6 is 7.60 Å². The standard InChI is InChI=1S/C11H14N5O6P/c12-8-7-9(14-3-13-8)16(4-15-7)5-1-6(2-5)22-11(10(17)18)23(19,20)21/h3-6,11H,1-2H2,(H,17,18)(H2,12,13,14)(H2,19,20,21). The zero-order chi connectivity index (χ0) is 16.8. The van der Waals surface area contributed by atoms with Crippen LogP contribution in [0, 0.1) is 0 Å². The number of aliphatic carboxylic acids is 1. The van der Waals surface area contributed by atoms with Crippen LogP contribution in [0.15, 0.2) is 12.7 Å². The number of carboxylic acids is 1. The molecule has 0 saturated heterocycles. The van der Waals surface area contributed by atoms with E-state index in [-0.39, 0.29) is 11.9 Å². The molecule has 0 spiro atoms. The second-order valence-electron chi connectivity index (χ2n) is 5.25. The summed E-state index contributed by atoms with van der Waals surface area (Å²) in [5.41, 5.74) is 6.72. The van der Waals surface area contributed by atoms with Gasteiger partial charge in [0, 0.05) is 6.04 Å². The summed E-state index contributed by atoms with van der Waals surface area (Å²) in [5.74, 6) is -3.57. The van der Waals surface area contributed by atoms with Gasteiger partial charge in [0.2, 0.25) is 0 Å². The highest BCUT2D eigenvalue weighted by atomic mass is 31.2. The van der Waals surface area contributed by atoms with Crippen molar-refractivity contribution in [2.45, 2.75) is 30.8 Å². The van der Waals surface area contributed by atoms with E-state index in [1.165, 1.54) is 6.33 Å². The van der Waals surface area contributed by atoms with Gasteiger partial charge in [-0.1, -0.05) is 0 Å². The molecule has 1 aliphatic carbocycles. The summed E-state index contributed by atoms with van der Waals surface area (Å²) in [6.07, 6.45) is 3.08. The minimum absolute atomic E-state index is 0.0643. The van der Waals surface area contributed by atoms with E-state index >= 15 is 0 Å². The van der Waals surface area contributed by atoms with Crippen molar-refractivity contribution in [3.63, 3.8) is 0 Å². The maximum absolute atomic E-state index is 11.1. The number of hydrogen-bond acceptors (Lipinski definition) is 7. The fourth-order valence-electron chi connectivity index (χ4n) is 2.48. The monoisotopic (exact) mass is 343 g/mol. The molecular formula is C11H14N5O6P. The first-order valence-corrected chi connectivity index (χ1v) is 8.32. The first-order valence-electron chi connectivity index (χ1n) is 6.64. The van der Waals surface area contributed by atoms with Gasteiger partial charge in [0.15, 0.2) is 11.5 Å². The number of nitrogens with zero attached hydrogens (tertiary/aromatic N) is 4. The summed E-state index contributed by atoms with van der Waals surface area (Å²) in [5, 5.41) is 8.84. The van der Waals surface area contributed by atoms with Crippen LogP contribution in [0.3, 0.4) is 0 Å². The number of nitrogen functional groups attached to an aromatic ring is 1. The van der Waals surface area contributed by atoms with E-state index in [4.69, 9.17) is 25.4 Å². The number of carbonyl (C=O) groups is 1. The lowest BCUT2D eigenvalue weighted by atomic mass is 9.89. The number of nitrogens with two attached hydrogens (primary N) is 1. The molecule has 12 heteroatoms. The normalized spacial score (nSPS) is 22.7. The maximum Gasteiger partial charge on any atom is 0.365 e. The van der Waals surface area contributed by atoms with Crippen LogP contribution < -0.4 is 5.73 Å². The molecule has 0 aromatic carbocycles. The Labute approximate surface area is 129 Å². The van der Waals surface area contributed by atoms with Crippen molar-refractivity contribution in [2.75, 3.05) is 5.73 Å². The zero-order valence-electron chi connectivity index (χ0n) is 11.7. The van der Waals surface area contributed by atoms with Crippen LogP contribution in [-0.4, -0.2) is 52.3 Å². The number of anilines is 1. The number of hydrogen-bond donors (Lipinski definition) is 4. The third kappa shape index (κ3) is 2.91. The molecule has 1 aliphatic rings. The Morgan fingerprint density at radius 3 is 2.70 bits per heavy atom. The predicted molar refractivity (Wildman–Crippen MR) is 76.3 cm³/mol. The number of imidazole rings is 1. The van der Waals surface area contributed by atoms with Gasteiger partial charge in [0.25, 0.3) is 5.85 Å². The van der Waals surface area contributed by atoms with Crippen LogP contribution in [0.2, 0.25) is 0 Å². The molecule has 11 nitrogen and oxygen atoms in total. The number of carboxylic acid groups (broad SMARTS) is 1. The van der Waals surface area contributed by atoms with E-state index in [9.17, 15) is 9.36 Å². The van der Waals surface area contributed by atoms with Crippen LogP contribution in [0.25, 0.3) is 11.2 Å². The fraction of sp³-hybridized carbons (Fsp3) is 0.455. The average molecular weight is 343 g/mol. The summed E-state index contributed by atoms with van der Waals surface area (Å²) in [7, 11) is -4.87. The second-order valence-corrected chi connectivity index (χ2v) is 6.89. The van der Waals surface area contributed by atoms with Crippen molar-refractivity contribution in [3.05, 3.63) is 12.7 Å². The van der Waals surface area contributed by atoms with E-state index in [1.54, 1.807) is 10.9 Å². The molecule has 0 radical (unpaired) electrons. The minimum Gasteiger partial charge on any atom is -0.479 e. The Hall–Kier alpha value is -2.07.